The molecule has 0 atom stereocenters. The van der Waals surface area contributed by atoms with Gasteiger partial charge in [0.25, 0.3) is 5.91 Å². The molecule has 1 fully saturated rings. The average molecular weight is 483 g/mol. The van der Waals surface area contributed by atoms with E-state index >= 15 is 0 Å². The Morgan fingerprint density at radius 3 is 2.47 bits per heavy atom. The molecule has 2 aromatic carbocycles. The molecule has 1 aliphatic rings. The van der Waals surface area contributed by atoms with Gasteiger partial charge >= 0.3 is 0 Å². The molecule has 4 aromatic rings. The lowest BCUT2D eigenvalue weighted by atomic mass is 10.0. The Hall–Kier alpha value is -4.13. The van der Waals surface area contributed by atoms with Crippen LogP contribution in [0.3, 0.4) is 0 Å². The molecular formula is C29H30N4O3. The summed E-state index contributed by atoms with van der Waals surface area (Å²) in [5, 5.41) is 0. The smallest absolute Gasteiger partial charge is 0.289 e. The van der Waals surface area contributed by atoms with Gasteiger partial charge < -0.3 is 19.0 Å². The van der Waals surface area contributed by atoms with Crippen LogP contribution in [0.5, 0.6) is 5.75 Å². The summed E-state index contributed by atoms with van der Waals surface area (Å²) in [5.74, 6) is 2.81. The summed E-state index contributed by atoms with van der Waals surface area (Å²) in [6.07, 6.45) is 3.04. The quantitative estimate of drug-likeness (QED) is 0.375. The van der Waals surface area contributed by atoms with Gasteiger partial charge in [-0.25, -0.2) is 9.97 Å². The van der Waals surface area contributed by atoms with Crippen molar-refractivity contribution in [3.05, 3.63) is 95.6 Å². The highest BCUT2D eigenvalue weighted by Gasteiger charge is 2.27. The molecule has 0 radical (unpaired) electrons. The maximum atomic E-state index is 12.8. The molecule has 0 unspecified atom stereocenters. The number of furan rings is 1. The Bertz CT molecular complexity index is 1310. The molecular weight excluding hydrogens is 452 g/mol. The standard InChI is InChI=1S/C29H30N4O3/c1-3-25-24(20-21-9-7-12-23(19-21)35-2)28(31-27(30-25)22-10-5-4-6-11-22)32-14-16-33(17-15-32)29(34)26-13-8-18-36-26/h4-13,18-19H,3,14-17,20H2,1-2H3. The van der Waals surface area contributed by atoms with Crippen molar-refractivity contribution in [3.63, 3.8) is 0 Å². The Balaban J connectivity index is 1.49. The zero-order valence-corrected chi connectivity index (χ0v) is 20.7. The van der Waals surface area contributed by atoms with Crippen LogP contribution in [0.25, 0.3) is 11.4 Å². The second-order valence-electron chi connectivity index (χ2n) is 8.80. The second-order valence-corrected chi connectivity index (χ2v) is 8.80. The van der Waals surface area contributed by atoms with Gasteiger partial charge in [0.05, 0.1) is 13.4 Å². The van der Waals surface area contributed by atoms with Gasteiger partial charge in [-0.1, -0.05) is 49.4 Å². The number of aromatic nitrogens is 2. The van der Waals surface area contributed by atoms with Crippen molar-refractivity contribution in [3.8, 4) is 17.1 Å². The molecule has 1 saturated heterocycles. The van der Waals surface area contributed by atoms with E-state index in [-0.39, 0.29) is 5.91 Å². The highest BCUT2D eigenvalue weighted by atomic mass is 16.5. The van der Waals surface area contributed by atoms with Crippen LogP contribution >= 0.6 is 0 Å². The molecule has 0 bridgehead atoms. The van der Waals surface area contributed by atoms with Crippen LogP contribution in [-0.2, 0) is 12.8 Å². The highest BCUT2D eigenvalue weighted by Crippen LogP contribution is 2.30. The van der Waals surface area contributed by atoms with Crippen LogP contribution in [0.2, 0.25) is 0 Å². The van der Waals surface area contributed by atoms with E-state index in [0.29, 0.717) is 38.4 Å². The number of carbonyl (C=O) groups excluding carboxylic acids is 1. The molecule has 2 aromatic heterocycles. The maximum Gasteiger partial charge on any atom is 0.289 e. The number of ether oxygens (including phenoxy) is 1. The molecule has 3 heterocycles. The minimum absolute atomic E-state index is 0.0711. The number of methoxy groups -OCH3 is 1. The summed E-state index contributed by atoms with van der Waals surface area (Å²) in [5.41, 5.74) is 4.30. The van der Waals surface area contributed by atoms with Gasteiger partial charge in [-0.2, -0.15) is 0 Å². The molecule has 7 nitrogen and oxygen atoms in total. The van der Waals surface area contributed by atoms with E-state index in [1.54, 1.807) is 19.2 Å². The Labute approximate surface area is 211 Å². The maximum absolute atomic E-state index is 12.8. The zero-order chi connectivity index (χ0) is 24.9. The first-order valence-corrected chi connectivity index (χ1v) is 12.3. The molecule has 0 saturated carbocycles. The van der Waals surface area contributed by atoms with Crippen LogP contribution < -0.4 is 9.64 Å². The number of benzene rings is 2. The molecule has 1 amide bonds. The van der Waals surface area contributed by atoms with E-state index in [4.69, 9.17) is 19.1 Å². The van der Waals surface area contributed by atoms with Crippen molar-refractivity contribution < 1.29 is 13.9 Å². The van der Waals surface area contributed by atoms with Gasteiger partial charge in [-0.15, -0.1) is 0 Å². The summed E-state index contributed by atoms with van der Waals surface area (Å²) in [7, 11) is 1.68. The predicted octanol–water partition coefficient (Wildman–Crippen LogP) is 4.86. The van der Waals surface area contributed by atoms with Crippen molar-refractivity contribution >= 4 is 11.7 Å². The topological polar surface area (TPSA) is 71.7 Å². The minimum atomic E-state index is -0.0711. The predicted molar refractivity (Wildman–Crippen MR) is 139 cm³/mol. The third-order valence-electron chi connectivity index (χ3n) is 6.55. The number of anilines is 1. The van der Waals surface area contributed by atoms with Gasteiger partial charge in [0.2, 0.25) is 0 Å². The number of hydrogen-bond acceptors (Lipinski definition) is 6. The van der Waals surface area contributed by atoms with E-state index in [1.807, 2.05) is 47.4 Å². The zero-order valence-electron chi connectivity index (χ0n) is 20.7. The first kappa shape index (κ1) is 23.6. The molecule has 184 valence electrons. The van der Waals surface area contributed by atoms with Crippen LogP contribution in [0.4, 0.5) is 5.82 Å². The van der Waals surface area contributed by atoms with Crippen molar-refractivity contribution in [2.45, 2.75) is 19.8 Å². The third-order valence-corrected chi connectivity index (χ3v) is 6.55. The van der Waals surface area contributed by atoms with E-state index < -0.39 is 0 Å². The first-order valence-electron chi connectivity index (χ1n) is 12.3. The number of nitrogens with zero attached hydrogens (tertiary/aromatic N) is 4. The number of aryl methyl sites for hydroxylation is 1. The first-order chi connectivity index (χ1) is 17.7. The molecule has 0 spiro atoms. The number of amides is 1. The summed E-state index contributed by atoms with van der Waals surface area (Å²) in [6.45, 7) is 4.71. The number of piperazine rings is 1. The molecule has 1 aliphatic heterocycles. The van der Waals surface area contributed by atoms with E-state index in [0.717, 1.165) is 46.2 Å². The summed E-state index contributed by atoms with van der Waals surface area (Å²) < 4.78 is 10.8. The fraction of sp³-hybridized carbons (Fsp3) is 0.276. The van der Waals surface area contributed by atoms with E-state index in [9.17, 15) is 4.79 Å². The molecule has 7 heteroatoms. The summed E-state index contributed by atoms with van der Waals surface area (Å²) >= 11 is 0. The highest BCUT2D eigenvalue weighted by molar-refractivity contribution is 5.91. The number of carbonyl (C=O) groups is 1. The Morgan fingerprint density at radius 1 is 0.972 bits per heavy atom. The van der Waals surface area contributed by atoms with Crippen molar-refractivity contribution in [2.75, 3.05) is 38.2 Å². The van der Waals surface area contributed by atoms with Gasteiger partial charge in [0, 0.05) is 49.4 Å². The number of hydrogen-bond donors (Lipinski definition) is 0. The van der Waals surface area contributed by atoms with Crippen molar-refractivity contribution in [2.24, 2.45) is 0 Å². The lowest BCUT2D eigenvalue weighted by molar-refractivity contribution is 0.0714. The molecule has 36 heavy (non-hydrogen) atoms. The largest absolute Gasteiger partial charge is 0.497 e. The van der Waals surface area contributed by atoms with Gasteiger partial charge in [0.1, 0.15) is 11.6 Å². The fourth-order valence-corrected chi connectivity index (χ4v) is 4.63. The molecule has 0 aliphatic carbocycles. The summed E-state index contributed by atoms with van der Waals surface area (Å²) in [6, 6.07) is 21.7. The average Bonchev–Trinajstić information content (AvgIpc) is 3.48. The van der Waals surface area contributed by atoms with Gasteiger partial charge in [0.15, 0.2) is 11.6 Å². The van der Waals surface area contributed by atoms with Crippen LogP contribution in [0.15, 0.2) is 77.4 Å². The Kier molecular flexibility index (Phi) is 6.98. The SMILES string of the molecule is CCc1nc(-c2ccccc2)nc(N2CCN(C(=O)c3ccco3)CC2)c1Cc1cccc(OC)c1. The van der Waals surface area contributed by atoms with E-state index in [2.05, 4.69) is 24.0 Å². The van der Waals surface area contributed by atoms with E-state index in [1.165, 1.54) is 6.26 Å². The minimum Gasteiger partial charge on any atom is -0.497 e. The third kappa shape index (κ3) is 4.96. The summed E-state index contributed by atoms with van der Waals surface area (Å²) in [4.78, 5) is 27.0. The lowest BCUT2D eigenvalue weighted by Gasteiger charge is -2.36. The molecule has 5 rings (SSSR count). The fourth-order valence-electron chi connectivity index (χ4n) is 4.63. The van der Waals surface area contributed by atoms with Crippen molar-refractivity contribution in [1.29, 1.82) is 0 Å². The lowest BCUT2D eigenvalue weighted by Crippen LogP contribution is -2.49. The second kappa shape index (κ2) is 10.6. The van der Waals surface area contributed by atoms with Gasteiger partial charge in [-0.3, -0.25) is 4.79 Å². The van der Waals surface area contributed by atoms with Crippen LogP contribution in [0.1, 0.15) is 34.3 Å². The van der Waals surface area contributed by atoms with Gasteiger partial charge in [-0.05, 0) is 36.2 Å². The molecule has 0 N–H and O–H groups in total. The van der Waals surface area contributed by atoms with Crippen LogP contribution in [0, 0.1) is 0 Å². The normalized spacial score (nSPS) is 13.6. The van der Waals surface area contributed by atoms with Crippen molar-refractivity contribution in [1.82, 2.24) is 14.9 Å². The Morgan fingerprint density at radius 2 is 1.78 bits per heavy atom. The monoisotopic (exact) mass is 482 g/mol. The van der Waals surface area contributed by atoms with Crippen LogP contribution in [-0.4, -0.2) is 54.1 Å². The number of rotatable bonds is 7.